The molecule has 0 aliphatic carbocycles. The molecule has 0 radical (unpaired) electrons. The Labute approximate surface area is 111 Å². The summed E-state index contributed by atoms with van der Waals surface area (Å²) in [6.45, 7) is 0. The second-order valence-electron chi connectivity index (χ2n) is 3.46. The van der Waals surface area contributed by atoms with Crippen LogP contribution in [0.5, 0.6) is 0 Å². The maximum absolute atomic E-state index is 12.7. The first-order chi connectivity index (χ1) is 8.35. The third kappa shape index (κ3) is 4.65. The van der Waals surface area contributed by atoms with Crippen molar-refractivity contribution in [3.05, 3.63) is 29.3 Å². The van der Waals surface area contributed by atoms with Crippen molar-refractivity contribution in [3.63, 3.8) is 0 Å². The Balaban J connectivity index is 3.11. The molecule has 7 heteroatoms. The third-order valence-corrected chi connectivity index (χ3v) is 3.29. The van der Waals surface area contributed by atoms with E-state index >= 15 is 0 Å². The SMILES string of the molecule is FC(F)c1cccc(SC(F)(F)F)c1CCCCl. The van der Waals surface area contributed by atoms with E-state index < -0.39 is 11.9 Å². The molecular weight excluding hydrogens is 295 g/mol. The van der Waals surface area contributed by atoms with Crippen LogP contribution in [0.3, 0.4) is 0 Å². The van der Waals surface area contributed by atoms with E-state index in [1.54, 1.807) is 0 Å². The largest absolute Gasteiger partial charge is 0.446 e. The standard InChI is InChI=1S/C11H10ClF5S/c12-6-2-4-7-8(10(13)14)3-1-5-9(7)18-11(15,16)17/h1,3,5,10H,2,4,6H2. The van der Waals surface area contributed by atoms with Gasteiger partial charge in [-0.3, -0.25) is 0 Å². The Hall–Kier alpha value is -0.490. The molecule has 0 nitrogen and oxygen atoms in total. The maximum Gasteiger partial charge on any atom is 0.446 e. The first-order valence-corrected chi connectivity index (χ1v) is 6.42. The van der Waals surface area contributed by atoms with Gasteiger partial charge in [-0.15, -0.1) is 11.6 Å². The number of rotatable bonds is 5. The van der Waals surface area contributed by atoms with Crippen LogP contribution >= 0.6 is 23.4 Å². The zero-order chi connectivity index (χ0) is 13.8. The van der Waals surface area contributed by atoms with Crippen LogP contribution in [0, 0.1) is 0 Å². The summed E-state index contributed by atoms with van der Waals surface area (Å²) in [7, 11) is 0. The Kier molecular flexibility index (Phi) is 5.72. The quantitative estimate of drug-likeness (QED) is 0.398. The summed E-state index contributed by atoms with van der Waals surface area (Å²) in [5, 5.41) is 0. The van der Waals surface area contributed by atoms with Crippen molar-refractivity contribution >= 4 is 23.4 Å². The van der Waals surface area contributed by atoms with E-state index in [2.05, 4.69) is 0 Å². The number of benzene rings is 1. The van der Waals surface area contributed by atoms with Gasteiger partial charge in [0.05, 0.1) is 0 Å². The van der Waals surface area contributed by atoms with Gasteiger partial charge in [-0.25, -0.2) is 8.78 Å². The lowest BCUT2D eigenvalue weighted by Gasteiger charge is -2.14. The topological polar surface area (TPSA) is 0 Å². The lowest BCUT2D eigenvalue weighted by molar-refractivity contribution is -0.0328. The number of hydrogen-bond donors (Lipinski definition) is 0. The monoisotopic (exact) mass is 304 g/mol. The summed E-state index contributed by atoms with van der Waals surface area (Å²) >= 11 is 5.09. The normalized spacial score (nSPS) is 12.2. The van der Waals surface area contributed by atoms with Gasteiger partial charge in [-0.05, 0) is 36.2 Å². The zero-order valence-electron chi connectivity index (χ0n) is 9.11. The average Bonchev–Trinajstić information content (AvgIpc) is 2.24. The van der Waals surface area contributed by atoms with Gasteiger partial charge in [0.15, 0.2) is 0 Å². The molecule has 0 heterocycles. The minimum absolute atomic E-state index is 0.0375. The van der Waals surface area contributed by atoms with Crippen LogP contribution in [0.25, 0.3) is 0 Å². The van der Waals surface area contributed by atoms with Crippen LogP contribution in [0.4, 0.5) is 22.0 Å². The molecule has 0 spiro atoms. The van der Waals surface area contributed by atoms with Crippen molar-refractivity contribution in [2.45, 2.75) is 29.7 Å². The van der Waals surface area contributed by atoms with Gasteiger partial charge in [0, 0.05) is 16.3 Å². The average molecular weight is 305 g/mol. The number of thioether (sulfide) groups is 1. The van der Waals surface area contributed by atoms with Crippen molar-refractivity contribution in [3.8, 4) is 0 Å². The third-order valence-electron chi connectivity index (χ3n) is 2.19. The molecule has 0 N–H and O–H groups in total. The Bertz CT molecular complexity index is 392. The fourth-order valence-electron chi connectivity index (χ4n) is 1.52. The van der Waals surface area contributed by atoms with Gasteiger partial charge < -0.3 is 0 Å². The number of hydrogen-bond acceptors (Lipinski definition) is 1. The van der Waals surface area contributed by atoms with E-state index in [0.717, 1.165) is 6.07 Å². The molecule has 0 saturated heterocycles. The van der Waals surface area contributed by atoms with Crippen LogP contribution in [0.15, 0.2) is 23.1 Å². The lowest BCUT2D eigenvalue weighted by Crippen LogP contribution is -2.04. The second kappa shape index (κ2) is 6.61. The fraction of sp³-hybridized carbons (Fsp3) is 0.455. The highest BCUT2D eigenvalue weighted by molar-refractivity contribution is 8.00. The van der Waals surface area contributed by atoms with Crippen LogP contribution in [-0.2, 0) is 6.42 Å². The summed E-state index contributed by atoms with van der Waals surface area (Å²) in [5.74, 6) is 0.216. The maximum atomic E-state index is 12.7. The zero-order valence-corrected chi connectivity index (χ0v) is 10.7. The van der Waals surface area contributed by atoms with Crippen molar-refractivity contribution in [1.29, 1.82) is 0 Å². The first kappa shape index (κ1) is 15.6. The Morgan fingerprint density at radius 2 is 1.89 bits per heavy atom. The van der Waals surface area contributed by atoms with Gasteiger partial charge in [0.1, 0.15) is 0 Å². The van der Waals surface area contributed by atoms with Crippen molar-refractivity contribution in [2.75, 3.05) is 5.88 Å². The van der Waals surface area contributed by atoms with Crippen molar-refractivity contribution in [1.82, 2.24) is 0 Å². The number of halogens is 6. The molecule has 18 heavy (non-hydrogen) atoms. The van der Waals surface area contributed by atoms with Crippen LogP contribution < -0.4 is 0 Å². The summed E-state index contributed by atoms with van der Waals surface area (Å²) < 4.78 is 62.5. The number of alkyl halides is 6. The molecule has 0 amide bonds. The highest BCUT2D eigenvalue weighted by Gasteiger charge is 2.31. The molecule has 0 aliphatic rings. The molecule has 0 bridgehead atoms. The van der Waals surface area contributed by atoms with E-state index in [-0.39, 0.29) is 40.1 Å². The highest BCUT2D eigenvalue weighted by atomic mass is 35.5. The molecule has 1 rings (SSSR count). The molecule has 1 aromatic rings. The predicted molar refractivity (Wildman–Crippen MR) is 62.4 cm³/mol. The molecule has 0 aliphatic heterocycles. The molecule has 0 saturated carbocycles. The molecular formula is C11H10ClF5S. The van der Waals surface area contributed by atoms with Crippen LogP contribution in [-0.4, -0.2) is 11.4 Å². The van der Waals surface area contributed by atoms with E-state index in [0.29, 0.717) is 6.42 Å². The predicted octanol–water partition coefficient (Wildman–Crippen LogP) is 5.41. The van der Waals surface area contributed by atoms with Crippen molar-refractivity contribution < 1.29 is 22.0 Å². The highest BCUT2D eigenvalue weighted by Crippen LogP contribution is 2.41. The summed E-state index contributed by atoms with van der Waals surface area (Å²) in [6, 6.07) is 3.56. The fourth-order valence-corrected chi connectivity index (χ4v) is 2.39. The minimum atomic E-state index is -4.49. The molecule has 0 atom stereocenters. The molecule has 0 fully saturated rings. The summed E-state index contributed by atoms with van der Waals surface area (Å²) in [5.41, 5.74) is -4.80. The van der Waals surface area contributed by atoms with Gasteiger partial charge in [-0.1, -0.05) is 12.1 Å². The molecule has 102 valence electrons. The lowest BCUT2D eigenvalue weighted by atomic mass is 10.0. The molecule has 0 aromatic heterocycles. The second-order valence-corrected chi connectivity index (χ2v) is 4.95. The van der Waals surface area contributed by atoms with E-state index in [9.17, 15) is 22.0 Å². The van der Waals surface area contributed by atoms with Gasteiger partial charge in [-0.2, -0.15) is 13.2 Å². The van der Waals surface area contributed by atoms with E-state index in [1.165, 1.54) is 12.1 Å². The van der Waals surface area contributed by atoms with Crippen LogP contribution in [0.2, 0.25) is 0 Å². The summed E-state index contributed by atoms with van der Waals surface area (Å²) in [6.07, 6.45) is -2.32. The van der Waals surface area contributed by atoms with Gasteiger partial charge >= 0.3 is 5.51 Å². The van der Waals surface area contributed by atoms with Crippen LogP contribution in [0.1, 0.15) is 24.0 Å². The van der Waals surface area contributed by atoms with Gasteiger partial charge in [0.25, 0.3) is 6.43 Å². The minimum Gasteiger partial charge on any atom is -0.205 e. The summed E-state index contributed by atoms with van der Waals surface area (Å²) in [4.78, 5) is -0.176. The van der Waals surface area contributed by atoms with Gasteiger partial charge in [0.2, 0.25) is 0 Å². The Morgan fingerprint density at radius 3 is 2.39 bits per heavy atom. The Morgan fingerprint density at radius 1 is 1.22 bits per heavy atom. The van der Waals surface area contributed by atoms with E-state index in [4.69, 9.17) is 11.6 Å². The van der Waals surface area contributed by atoms with Crippen molar-refractivity contribution in [2.24, 2.45) is 0 Å². The molecule has 0 unspecified atom stereocenters. The first-order valence-electron chi connectivity index (χ1n) is 5.07. The smallest absolute Gasteiger partial charge is 0.205 e. The van der Waals surface area contributed by atoms with E-state index in [1.807, 2.05) is 0 Å². The molecule has 1 aromatic carbocycles.